The molecule has 0 unspecified atom stereocenters. The number of hydrogen-bond acceptors (Lipinski definition) is 4. The summed E-state index contributed by atoms with van der Waals surface area (Å²) in [6, 6.07) is 7.73. The van der Waals surface area contributed by atoms with Gasteiger partial charge in [-0.25, -0.2) is 0 Å². The average molecular weight is 393 g/mol. The summed E-state index contributed by atoms with van der Waals surface area (Å²) >= 11 is 0. The lowest BCUT2D eigenvalue weighted by atomic mass is 10.1. The van der Waals surface area contributed by atoms with E-state index in [1.165, 1.54) is 39.5 Å². The lowest BCUT2D eigenvalue weighted by Crippen LogP contribution is -2.24. The van der Waals surface area contributed by atoms with Crippen molar-refractivity contribution in [3.8, 4) is 29.1 Å². The molecular weight excluding hydrogens is 375 g/mol. The van der Waals surface area contributed by atoms with Crippen molar-refractivity contribution < 1.29 is 32.2 Å². The first-order valence-electron chi connectivity index (χ1n) is 8.05. The molecule has 8 heteroatoms. The number of ether oxygens (including phenoxy) is 3. The minimum Gasteiger partial charge on any atom is -0.493 e. The van der Waals surface area contributed by atoms with Gasteiger partial charge in [-0.3, -0.25) is 4.79 Å². The van der Waals surface area contributed by atoms with Crippen molar-refractivity contribution in [2.24, 2.45) is 0 Å². The molecule has 0 aliphatic carbocycles. The van der Waals surface area contributed by atoms with E-state index >= 15 is 0 Å². The highest BCUT2D eigenvalue weighted by molar-refractivity contribution is 5.98. The van der Waals surface area contributed by atoms with Crippen molar-refractivity contribution in [1.29, 1.82) is 0 Å². The highest BCUT2D eigenvalue weighted by Crippen LogP contribution is 2.39. The van der Waals surface area contributed by atoms with E-state index < -0.39 is 17.6 Å². The standard InChI is InChI=1S/C20H18F3NO4/c1-26-16-10-9-15(17(27-2)18(16)28-3)19(25)24-11-5-7-13-6-4-8-14(12-13)20(21,22)23/h4,6,8-10,12H,11H2,1-3H3,(H,24,25). The number of methoxy groups -OCH3 is 3. The number of benzene rings is 2. The third-order valence-corrected chi connectivity index (χ3v) is 3.71. The predicted molar refractivity (Wildman–Crippen MR) is 96.8 cm³/mol. The fraction of sp³-hybridized carbons (Fsp3) is 0.250. The summed E-state index contributed by atoms with van der Waals surface area (Å²) in [5, 5.41) is 2.57. The van der Waals surface area contributed by atoms with Crippen LogP contribution < -0.4 is 19.5 Å². The Hall–Kier alpha value is -3.34. The number of amides is 1. The SMILES string of the molecule is COc1ccc(C(=O)NCC#Cc2cccc(C(F)(F)F)c2)c(OC)c1OC. The van der Waals surface area contributed by atoms with E-state index in [-0.39, 0.29) is 29.2 Å². The third-order valence-electron chi connectivity index (χ3n) is 3.71. The monoisotopic (exact) mass is 393 g/mol. The van der Waals surface area contributed by atoms with E-state index in [0.717, 1.165) is 12.1 Å². The summed E-state index contributed by atoms with van der Waals surface area (Å²) < 4.78 is 53.7. The fourth-order valence-electron chi connectivity index (χ4n) is 2.42. The molecule has 2 rings (SSSR count). The fourth-order valence-corrected chi connectivity index (χ4v) is 2.42. The molecule has 0 fully saturated rings. The summed E-state index contributed by atoms with van der Waals surface area (Å²) in [4.78, 5) is 12.4. The maximum absolute atomic E-state index is 12.7. The van der Waals surface area contributed by atoms with Crippen LogP contribution in [0.25, 0.3) is 0 Å². The molecule has 1 amide bonds. The van der Waals surface area contributed by atoms with Crippen LogP contribution in [-0.2, 0) is 6.18 Å². The summed E-state index contributed by atoms with van der Waals surface area (Å²) in [7, 11) is 4.27. The zero-order chi connectivity index (χ0) is 20.7. The lowest BCUT2D eigenvalue weighted by molar-refractivity contribution is -0.137. The minimum atomic E-state index is -4.43. The molecule has 0 heterocycles. The van der Waals surface area contributed by atoms with Crippen molar-refractivity contribution in [2.75, 3.05) is 27.9 Å². The molecule has 0 saturated heterocycles. The van der Waals surface area contributed by atoms with Gasteiger partial charge in [-0.2, -0.15) is 13.2 Å². The Morgan fingerprint density at radius 3 is 2.36 bits per heavy atom. The third kappa shape index (κ3) is 4.88. The number of alkyl halides is 3. The molecule has 0 radical (unpaired) electrons. The lowest BCUT2D eigenvalue weighted by Gasteiger charge is -2.15. The number of hydrogen-bond donors (Lipinski definition) is 1. The van der Waals surface area contributed by atoms with Crippen LogP contribution in [0.2, 0.25) is 0 Å². The smallest absolute Gasteiger partial charge is 0.416 e. The van der Waals surface area contributed by atoms with Gasteiger partial charge in [-0.1, -0.05) is 17.9 Å². The Morgan fingerprint density at radius 2 is 1.75 bits per heavy atom. The van der Waals surface area contributed by atoms with Gasteiger partial charge in [0.1, 0.15) is 0 Å². The second-order valence-corrected chi connectivity index (χ2v) is 5.44. The van der Waals surface area contributed by atoms with Crippen LogP contribution >= 0.6 is 0 Å². The molecular formula is C20H18F3NO4. The highest BCUT2D eigenvalue weighted by atomic mass is 19.4. The second kappa shape index (κ2) is 9.04. The van der Waals surface area contributed by atoms with Gasteiger partial charge in [0.2, 0.25) is 5.75 Å². The molecule has 0 bridgehead atoms. The number of carbonyl (C=O) groups is 1. The Bertz CT molecular complexity index is 914. The van der Waals surface area contributed by atoms with Crippen LogP contribution in [0, 0.1) is 11.8 Å². The van der Waals surface area contributed by atoms with Crippen LogP contribution in [0.5, 0.6) is 17.2 Å². The predicted octanol–water partition coefficient (Wildman–Crippen LogP) is 3.51. The Balaban J connectivity index is 2.11. The molecule has 148 valence electrons. The van der Waals surface area contributed by atoms with E-state index in [4.69, 9.17) is 14.2 Å². The number of nitrogens with one attached hydrogen (secondary N) is 1. The molecule has 0 aliphatic rings. The van der Waals surface area contributed by atoms with E-state index in [0.29, 0.717) is 5.75 Å². The highest BCUT2D eigenvalue weighted by Gasteiger charge is 2.30. The summed E-state index contributed by atoms with van der Waals surface area (Å²) in [6.07, 6.45) is -4.43. The van der Waals surface area contributed by atoms with Crippen LogP contribution in [0.4, 0.5) is 13.2 Å². The molecule has 0 aromatic heterocycles. The van der Waals surface area contributed by atoms with Gasteiger partial charge in [0.05, 0.1) is 39.0 Å². The molecule has 0 aliphatic heterocycles. The largest absolute Gasteiger partial charge is 0.493 e. The molecule has 0 saturated carbocycles. The van der Waals surface area contributed by atoms with Crippen molar-refractivity contribution >= 4 is 5.91 Å². The number of carbonyl (C=O) groups excluding carboxylic acids is 1. The number of halogens is 3. The Morgan fingerprint density at radius 1 is 1.04 bits per heavy atom. The van der Waals surface area contributed by atoms with E-state index in [2.05, 4.69) is 17.2 Å². The van der Waals surface area contributed by atoms with Crippen LogP contribution in [0.3, 0.4) is 0 Å². The van der Waals surface area contributed by atoms with Crippen molar-refractivity contribution in [2.45, 2.75) is 6.18 Å². The van der Waals surface area contributed by atoms with E-state index in [1.807, 2.05) is 0 Å². The van der Waals surface area contributed by atoms with Gasteiger partial charge in [0.25, 0.3) is 5.91 Å². The van der Waals surface area contributed by atoms with Gasteiger partial charge in [-0.05, 0) is 30.3 Å². The first-order valence-corrected chi connectivity index (χ1v) is 8.05. The quantitative estimate of drug-likeness (QED) is 0.790. The second-order valence-electron chi connectivity index (χ2n) is 5.44. The minimum absolute atomic E-state index is 0.0629. The zero-order valence-corrected chi connectivity index (χ0v) is 15.4. The van der Waals surface area contributed by atoms with Crippen molar-refractivity contribution in [1.82, 2.24) is 5.32 Å². The first kappa shape index (κ1) is 21.0. The average Bonchev–Trinajstić information content (AvgIpc) is 2.69. The maximum Gasteiger partial charge on any atom is 0.416 e. The summed E-state index contributed by atoms with van der Waals surface area (Å²) in [6.45, 7) is -0.0629. The molecule has 2 aromatic rings. The van der Waals surface area contributed by atoms with Gasteiger partial charge in [-0.15, -0.1) is 0 Å². The van der Waals surface area contributed by atoms with E-state index in [1.54, 1.807) is 6.07 Å². The summed E-state index contributed by atoms with van der Waals surface area (Å²) in [5.41, 5.74) is -0.368. The van der Waals surface area contributed by atoms with Crippen LogP contribution in [0.15, 0.2) is 36.4 Å². The number of rotatable bonds is 5. The normalized spacial score (nSPS) is 10.5. The molecule has 28 heavy (non-hydrogen) atoms. The maximum atomic E-state index is 12.7. The topological polar surface area (TPSA) is 56.8 Å². The van der Waals surface area contributed by atoms with Gasteiger partial charge in [0, 0.05) is 5.56 Å². The van der Waals surface area contributed by atoms with Crippen molar-refractivity contribution in [3.63, 3.8) is 0 Å². The Kier molecular flexibility index (Phi) is 6.77. The van der Waals surface area contributed by atoms with Gasteiger partial charge >= 0.3 is 6.18 Å². The van der Waals surface area contributed by atoms with E-state index in [9.17, 15) is 18.0 Å². The molecule has 0 spiro atoms. The first-order chi connectivity index (χ1) is 13.3. The molecule has 1 N–H and O–H groups in total. The zero-order valence-electron chi connectivity index (χ0n) is 15.4. The summed E-state index contributed by atoms with van der Waals surface area (Å²) in [5.74, 6) is 5.61. The van der Waals surface area contributed by atoms with Crippen LogP contribution in [-0.4, -0.2) is 33.8 Å². The van der Waals surface area contributed by atoms with Crippen molar-refractivity contribution in [3.05, 3.63) is 53.1 Å². The molecule has 5 nitrogen and oxygen atoms in total. The Labute approximate surface area is 160 Å². The molecule has 0 atom stereocenters. The van der Waals surface area contributed by atoms with Crippen LogP contribution in [0.1, 0.15) is 21.5 Å². The van der Waals surface area contributed by atoms with Gasteiger partial charge in [0.15, 0.2) is 11.5 Å². The molecule has 2 aromatic carbocycles. The van der Waals surface area contributed by atoms with Gasteiger partial charge < -0.3 is 19.5 Å².